The van der Waals surface area contributed by atoms with E-state index in [9.17, 15) is 29.4 Å². The molecule has 0 aromatic rings. The first kappa shape index (κ1) is 38.4. The molecule has 0 aromatic carbocycles. The molecule has 0 atom stereocenters. The van der Waals surface area contributed by atoms with Crippen LogP contribution in [-0.4, -0.2) is 58.4 Å². The van der Waals surface area contributed by atoms with Crippen molar-refractivity contribution < 1.29 is 39.1 Å². The fraction of sp³-hybridized carbons (Fsp3) is 0.611. The number of carbonyl (C=O) groups is 4. The van der Waals surface area contributed by atoms with Crippen LogP contribution in [0.3, 0.4) is 0 Å². The van der Waals surface area contributed by atoms with Crippen LogP contribution < -0.4 is 0 Å². The predicted molar refractivity (Wildman–Crippen MR) is 179 cm³/mol. The van der Waals surface area contributed by atoms with Crippen molar-refractivity contribution in [3.8, 4) is 0 Å². The number of carbonyl (C=O) groups excluding carboxylic acids is 2. The van der Waals surface area contributed by atoms with Crippen molar-refractivity contribution in [3.63, 3.8) is 0 Å². The Labute approximate surface area is 273 Å². The molecule has 0 spiro atoms. The second-order valence-corrected chi connectivity index (χ2v) is 13.8. The van der Waals surface area contributed by atoms with Gasteiger partial charge < -0.3 is 19.9 Å². The van der Waals surface area contributed by atoms with E-state index in [4.69, 9.17) is 9.68 Å². The fourth-order valence-corrected chi connectivity index (χ4v) is 6.64. The summed E-state index contributed by atoms with van der Waals surface area (Å²) >= 11 is 0. The van der Waals surface area contributed by atoms with Gasteiger partial charge in [0.05, 0.1) is 11.4 Å². The van der Waals surface area contributed by atoms with Gasteiger partial charge in [0.2, 0.25) is 0 Å². The van der Waals surface area contributed by atoms with Crippen LogP contribution in [0.25, 0.3) is 0 Å². The van der Waals surface area contributed by atoms with Crippen LogP contribution in [0.15, 0.2) is 57.9 Å². The maximum Gasteiger partial charge on any atom is 0.318 e. The molecule has 0 aliphatic heterocycles. The summed E-state index contributed by atoms with van der Waals surface area (Å²) < 4.78 is 0. The average Bonchev–Trinajstić information content (AvgIpc) is 2.93. The molecule has 0 saturated carbocycles. The molecular weight excluding hydrogens is 588 g/mol. The van der Waals surface area contributed by atoms with Crippen LogP contribution in [0.2, 0.25) is 0 Å². The fourth-order valence-electron chi connectivity index (χ4n) is 6.64. The molecule has 0 fully saturated rings. The van der Waals surface area contributed by atoms with E-state index in [1.165, 1.54) is 12.2 Å². The molecule has 0 unspecified atom stereocenters. The lowest BCUT2D eigenvalue weighted by atomic mass is 9.55. The van der Waals surface area contributed by atoms with Crippen LogP contribution in [0.4, 0.5) is 0 Å². The summed E-state index contributed by atoms with van der Waals surface area (Å²) in [6.07, 6.45) is 5.30. The summed E-state index contributed by atoms with van der Waals surface area (Å²) in [5.74, 6) is -2.84. The quantitative estimate of drug-likeness (QED) is 0.0641. The molecule has 2 aliphatic carbocycles. The van der Waals surface area contributed by atoms with E-state index in [1.54, 1.807) is 0 Å². The third kappa shape index (κ3) is 9.36. The zero-order chi connectivity index (χ0) is 34.7. The Hall–Kier alpha value is -3.82. The molecule has 46 heavy (non-hydrogen) atoms. The number of allylic oxidation sites excluding steroid dienone is 2. The Morgan fingerprint density at radius 3 is 1.52 bits per heavy atom. The summed E-state index contributed by atoms with van der Waals surface area (Å²) in [6.45, 7) is 19.0. The van der Waals surface area contributed by atoms with Gasteiger partial charge in [-0.25, -0.2) is 0 Å². The van der Waals surface area contributed by atoms with E-state index in [1.807, 2.05) is 41.5 Å². The Kier molecular flexibility index (Phi) is 13.9. The second kappa shape index (κ2) is 16.7. The predicted octanol–water partition coefficient (Wildman–Crippen LogP) is 7.40. The number of ketones is 2. The summed E-state index contributed by atoms with van der Waals surface area (Å²) in [5.41, 5.74) is -1.40. The van der Waals surface area contributed by atoms with E-state index in [2.05, 4.69) is 23.5 Å². The molecule has 0 bridgehead atoms. The van der Waals surface area contributed by atoms with Crippen molar-refractivity contribution in [1.29, 1.82) is 0 Å². The zero-order valence-electron chi connectivity index (χ0n) is 28.5. The Balaban J connectivity index is 3.26. The molecule has 0 radical (unpaired) electrons. The number of hydrogen-bond acceptors (Lipinski definition) is 8. The maximum absolute atomic E-state index is 14.1. The number of nitrogens with zero attached hydrogens (tertiary/aromatic N) is 2. The van der Waals surface area contributed by atoms with Gasteiger partial charge >= 0.3 is 11.9 Å². The standard InChI is InChI=1S/C36H52N2O8/c1-9-14-26(37-45-18-11-3)31-24(20-34(5,6)22-28(31)39)36(33(43)44,17-13-16-30(41)42)25-21-35(7,8)23-29(40)32(25)27(15-10-2)38-46-19-12-4/h11-12H,3-4,9-10,13-23H2,1-2,5-8H3,(H,41,42)(H,43,44). The first-order chi connectivity index (χ1) is 21.6. The highest BCUT2D eigenvalue weighted by Gasteiger charge is 2.55. The van der Waals surface area contributed by atoms with E-state index < -0.39 is 28.2 Å². The summed E-state index contributed by atoms with van der Waals surface area (Å²) in [5, 5.41) is 29.7. The first-order valence-electron chi connectivity index (χ1n) is 16.2. The van der Waals surface area contributed by atoms with Gasteiger partial charge in [-0.3, -0.25) is 19.2 Å². The SMILES string of the molecule is C=CCON=C(CCC)C1=C(C(CCCC(=O)O)(C(=O)O)C2=C(C(CCC)=NOCC=C)C(=O)CC(C)(C)C2)CC(C)(C)CC1=O. The number of carboxylic acid groups (broad SMARTS) is 2. The molecule has 10 nitrogen and oxygen atoms in total. The van der Waals surface area contributed by atoms with Crippen LogP contribution in [0.1, 0.15) is 112 Å². The minimum absolute atomic E-state index is 0.00112. The van der Waals surface area contributed by atoms with Gasteiger partial charge in [-0.2, -0.15) is 0 Å². The van der Waals surface area contributed by atoms with Gasteiger partial charge in [0.1, 0.15) is 18.6 Å². The Morgan fingerprint density at radius 2 is 1.20 bits per heavy atom. The van der Waals surface area contributed by atoms with E-state index in [0.29, 0.717) is 48.3 Å². The molecule has 0 aromatic heterocycles. The van der Waals surface area contributed by atoms with Crippen molar-refractivity contribution in [2.24, 2.45) is 26.6 Å². The van der Waals surface area contributed by atoms with Gasteiger partial charge in [0, 0.05) is 30.4 Å². The first-order valence-corrected chi connectivity index (χ1v) is 16.2. The molecule has 0 heterocycles. The molecule has 10 heteroatoms. The molecular formula is C36H52N2O8. The van der Waals surface area contributed by atoms with Crippen molar-refractivity contribution in [3.05, 3.63) is 47.6 Å². The lowest BCUT2D eigenvalue weighted by molar-refractivity contribution is -0.146. The maximum atomic E-state index is 14.1. The normalized spacial score (nSPS) is 19.9. The van der Waals surface area contributed by atoms with Crippen LogP contribution in [0, 0.1) is 16.2 Å². The molecule has 2 rings (SSSR count). The van der Waals surface area contributed by atoms with Crippen LogP contribution >= 0.6 is 0 Å². The summed E-state index contributed by atoms with van der Waals surface area (Å²) in [6, 6.07) is 0. The highest BCUT2D eigenvalue weighted by Crippen LogP contribution is 2.56. The number of rotatable bonds is 19. The van der Waals surface area contributed by atoms with Crippen molar-refractivity contribution in [2.75, 3.05) is 13.2 Å². The largest absolute Gasteiger partial charge is 0.481 e. The van der Waals surface area contributed by atoms with Gasteiger partial charge in [-0.15, -0.1) is 0 Å². The number of aliphatic carboxylic acids is 2. The molecule has 2 N–H and O–H groups in total. The summed E-state index contributed by atoms with van der Waals surface area (Å²) in [7, 11) is 0. The zero-order valence-corrected chi connectivity index (χ0v) is 28.5. The van der Waals surface area contributed by atoms with Crippen LogP contribution in [0.5, 0.6) is 0 Å². The molecule has 2 aliphatic rings. The van der Waals surface area contributed by atoms with Gasteiger partial charge in [0.15, 0.2) is 11.6 Å². The third-order valence-corrected chi connectivity index (χ3v) is 8.37. The minimum Gasteiger partial charge on any atom is -0.481 e. The van der Waals surface area contributed by atoms with Crippen molar-refractivity contribution in [2.45, 2.75) is 112 Å². The van der Waals surface area contributed by atoms with E-state index in [-0.39, 0.29) is 80.9 Å². The number of Topliss-reactive ketones (excluding diaryl/α,β-unsaturated/α-hetero) is 2. The van der Waals surface area contributed by atoms with Gasteiger partial charge in [0.25, 0.3) is 0 Å². The lowest BCUT2D eigenvalue weighted by Gasteiger charge is -2.46. The summed E-state index contributed by atoms with van der Waals surface area (Å²) in [4.78, 5) is 65.1. The number of hydrogen-bond donors (Lipinski definition) is 2. The van der Waals surface area contributed by atoms with E-state index >= 15 is 0 Å². The minimum atomic E-state index is -1.90. The smallest absolute Gasteiger partial charge is 0.318 e. The van der Waals surface area contributed by atoms with Crippen molar-refractivity contribution in [1.82, 2.24) is 0 Å². The molecule has 0 amide bonds. The average molecular weight is 641 g/mol. The number of carboxylic acids is 2. The lowest BCUT2D eigenvalue weighted by Crippen LogP contribution is -2.46. The van der Waals surface area contributed by atoms with E-state index in [0.717, 1.165) is 0 Å². The molecule has 0 saturated heterocycles. The van der Waals surface area contributed by atoms with Gasteiger partial charge in [-0.05, 0) is 60.5 Å². The second-order valence-electron chi connectivity index (χ2n) is 13.8. The third-order valence-electron chi connectivity index (χ3n) is 8.37. The molecule has 254 valence electrons. The highest BCUT2D eigenvalue weighted by molar-refractivity contribution is 6.26. The van der Waals surface area contributed by atoms with Gasteiger partial charge in [-0.1, -0.05) is 90.0 Å². The van der Waals surface area contributed by atoms with Crippen LogP contribution in [-0.2, 0) is 28.9 Å². The Morgan fingerprint density at radius 1 is 0.783 bits per heavy atom. The highest BCUT2D eigenvalue weighted by atomic mass is 16.6. The van der Waals surface area contributed by atoms with Crippen molar-refractivity contribution >= 4 is 34.9 Å². The topological polar surface area (TPSA) is 152 Å². The number of oxime groups is 2. The monoisotopic (exact) mass is 640 g/mol. The Bertz CT molecular complexity index is 1250.